The molecule has 0 aliphatic carbocycles. The molecule has 0 saturated carbocycles. The summed E-state index contributed by atoms with van der Waals surface area (Å²) in [5.74, 6) is -2.14. The van der Waals surface area contributed by atoms with Crippen molar-refractivity contribution < 1.29 is 27.5 Å². The van der Waals surface area contributed by atoms with Crippen molar-refractivity contribution in [3.05, 3.63) is 88.7 Å². The van der Waals surface area contributed by atoms with Crippen LogP contribution in [-0.2, 0) is 21.2 Å². The number of nitrogens with one attached hydrogen (secondary N) is 2. The summed E-state index contributed by atoms with van der Waals surface area (Å²) in [4.78, 5) is 23.5. The van der Waals surface area contributed by atoms with Gasteiger partial charge < -0.3 is 10.4 Å². The lowest BCUT2D eigenvalue weighted by Gasteiger charge is -2.14. The van der Waals surface area contributed by atoms with E-state index in [1.807, 2.05) is 0 Å². The third kappa shape index (κ3) is 6.05. The average molecular weight is 477 g/mol. The van der Waals surface area contributed by atoms with Crippen LogP contribution in [0.15, 0.2) is 71.6 Å². The van der Waals surface area contributed by atoms with Crippen molar-refractivity contribution in [2.75, 3.05) is 10.0 Å². The number of benzene rings is 3. The number of halogens is 2. The van der Waals surface area contributed by atoms with Crippen LogP contribution in [0.1, 0.15) is 22.3 Å². The Morgan fingerprint density at radius 1 is 1.00 bits per heavy atom. The van der Waals surface area contributed by atoms with Crippen LogP contribution in [0, 0.1) is 5.82 Å². The number of carbonyl (C=O) groups is 2. The first-order chi connectivity index (χ1) is 15.1. The Morgan fingerprint density at radius 3 is 2.41 bits per heavy atom. The molecule has 166 valence electrons. The van der Waals surface area contributed by atoms with E-state index in [4.69, 9.17) is 16.7 Å². The molecule has 3 aromatic carbocycles. The maximum absolute atomic E-state index is 13.1. The minimum atomic E-state index is -4.09. The summed E-state index contributed by atoms with van der Waals surface area (Å²) >= 11 is 6.01. The second kappa shape index (κ2) is 9.80. The molecular weight excluding hydrogens is 459 g/mol. The zero-order valence-corrected chi connectivity index (χ0v) is 18.1. The van der Waals surface area contributed by atoms with Gasteiger partial charge in [-0.15, -0.1) is 0 Å². The van der Waals surface area contributed by atoms with Gasteiger partial charge in [0.05, 0.1) is 16.1 Å². The van der Waals surface area contributed by atoms with Crippen LogP contribution >= 0.6 is 11.6 Å². The Balaban J connectivity index is 1.85. The average Bonchev–Trinajstić information content (AvgIpc) is 2.74. The maximum atomic E-state index is 13.1. The zero-order valence-electron chi connectivity index (χ0n) is 16.5. The van der Waals surface area contributed by atoms with E-state index < -0.39 is 27.7 Å². The topological polar surface area (TPSA) is 113 Å². The van der Waals surface area contributed by atoms with Gasteiger partial charge in [0.2, 0.25) is 0 Å². The van der Waals surface area contributed by atoms with E-state index in [1.165, 1.54) is 18.2 Å². The number of aliphatic carboxylic acids is 1. The summed E-state index contributed by atoms with van der Waals surface area (Å²) < 4.78 is 40.8. The molecule has 0 atom stereocenters. The highest BCUT2D eigenvalue weighted by atomic mass is 35.5. The predicted molar refractivity (Wildman–Crippen MR) is 119 cm³/mol. The summed E-state index contributed by atoms with van der Waals surface area (Å²) in [5.41, 5.74) is 1.08. The molecule has 3 aromatic rings. The first-order valence-electron chi connectivity index (χ1n) is 9.34. The second-order valence-corrected chi connectivity index (χ2v) is 8.92. The van der Waals surface area contributed by atoms with Gasteiger partial charge in [-0.25, -0.2) is 12.8 Å². The Labute approximate surface area is 188 Å². The number of carbonyl (C=O) groups excluding carboxylic acids is 1. The second-order valence-electron chi connectivity index (χ2n) is 6.80. The van der Waals surface area contributed by atoms with Crippen LogP contribution in [0.4, 0.5) is 15.8 Å². The zero-order chi connectivity index (χ0) is 23.3. The molecule has 1 amide bonds. The number of anilines is 2. The molecule has 7 nitrogen and oxygen atoms in total. The molecule has 0 aliphatic rings. The van der Waals surface area contributed by atoms with Gasteiger partial charge in [0, 0.05) is 17.1 Å². The Bertz CT molecular complexity index is 1260. The Morgan fingerprint density at radius 2 is 1.72 bits per heavy atom. The Hall–Kier alpha value is -3.43. The molecular formula is C22H18ClFN2O5S. The van der Waals surface area contributed by atoms with Crippen LogP contribution in [0.2, 0.25) is 5.02 Å². The molecule has 3 rings (SSSR count). The molecule has 0 fully saturated rings. The largest absolute Gasteiger partial charge is 0.481 e. The highest BCUT2D eigenvalue weighted by Crippen LogP contribution is 2.25. The molecule has 0 bridgehead atoms. The van der Waals surface area contributed by atoms with Crippen molar-refractivity contribution in [3.8, 4) is 0 Å². The molecule has 0 heterocycles. The van der Waals surface area contributed by atoms with Crippen LogP contribution in [0.5, 0.6) is 0 Å². The quantitative estimate of drug-likeness (QED) is 0.441. The summed E-state index contributed by atoms with van der Waals surface area (Å²) in [6, 6.07) is 15.0. The third-order valence-corrected chi connectivity index (χ3v) is 6.02. The third-order valence-electron chi connectivity index (χ3n) is 4.41. The first-order valence-corrected chi connectivity index (χ1v) is 11.2. The maximum Gasteiger partial charge on any atom is 0.303 e. The number of sulfonamides is 1. The summed E-state index contributed by atoms with van der Waals surface area (Å²) in [6.07, 6.45) is 0.236. The normalized spacial score (nSPS) is 11.1. The number of carboxylic acids is 1. The molecule has 10 heteroatoms. The van der Waals surface area contributed by atoms with E-state index in [1.54, 1.807) is 24.3 Å². The number of hydrogen-bond acceptors (Lipinski definition) is 4. The van der Waals surface area contributed by atoms with E-state index in [2.05, 4.69) is 10.0 Å². The number of aryl methyl sites for hydroxylation is 1. The van der Waals surface area contributed by atoms with E-state index in [0.29, 0.717) is 17.7 Å². The molecule has 0 spiro atoms. The van der Waals surface area contributed by atoms with Crippen molar-refractivity contribution in [3.63, 3.8) is 0 Å². The van der Waals surface area contributed by atoms with Crippen LogP contribution in [0.25, 0.3) is 0 Å². The fourth-order valence-electron chi connectivity index (χ4n) is 2.87. The lowest BCUT2D eigenvalue weighted by atomic mass is 10.1. The van der Waals surface area contributed by atoms with Gasteiger partial charge in [0.25, 0.3) is 15.9 Å². The molecule has 3 N–H and O–H groups in total. The van der Waals surface area contributed by atoms with Gasteiger partial charge in [0.15, 0.2) is 0 Å². The number of carboxylic acid groups (broad SMARTS) is 1. The number of rotatable bonds is 8. The van der Waals surface area contributed by atoms with Gasteiger partial charge >= 0.3 is 5.97 Å². The van der Waals surface area contributed by atoms with Crippen LogP contribution in [0.3, 0.4) is 0 Å². The molecule has 0 radical (unpaired) electrons. The monoisotopic (exact) mass is 476 g/mol. The molecule has 0 aliphatic heterocycles. The Kier molecular flexibility index (Phi) is 7.12. The molecule has 0 aromatic heterocycles. The predicted octanol–water partition coefficient (Wildman–Crippen LogP) is 4.55. The van der Waals surface area contributed by atoms with E-state index >= 15 is 0 Å². The van der Waals surface area contributed by atoms with E-state index in [-0.39, 0.29) is 27.6 Å². The molecule has 32 heavy (non-hydrogen) atoms. The van der Waals surface area contributed by atoms with Crippen molar-refractivity contribution in [2.24, 2.45) is 0 Å². The minimum Gasteiger partial charge on any atom is -0.481 e. The smallest absolute Gasteiger partial charge is 0.303 e. The SMILES string of the molecule is O=C(O)CCc1cccc(NC(=O)c2cc(Cl)ccc2NS(=O)(=O)c2ccc(F)cc2)c1. The summed E-state index contributed by atoms with van der Waals surface area (Å²) in [5, 5.41) is 11.7. The van der Waals surface area contributed by atoms with Crippen LogP contribution < -0.4 is 10.0 Å². The summed E-state index contributed by atoms with van der Waals surface area (Å²) in [6.45, 7) is 0. The fraction of sp³-hybridized carbons (Fsp3) is 0.0909. The lowest BCUT2D eigenvalue weighted by Crippen LogP contribution is -2.19. The van der Waals surface area contributed by atoms with Crippen molar-refractivity contribution in [1.82, 2.24) is 0 Å². The fourth-order valence-corrected chi connectivity index (χ4v) is 4.12. The van der Waals surface area contributed by atoms with Gasteiger partial charge in [-0.2, -0.15) is 0 Å². The van der Waals surface area contributed by atoms with Crippen LogP contribution in [-0.4, -0.2) is 25.4 Å². The van der Waals surface area contributed by atoms with Crippen molar-refractivity contribution >= 4 is 44.9 Å². The highest BCUT2D eigenvalue weighted by molar-refractivity contribution is 7.92. The number of amides is 1. The first kappa shape index (κ1) is 23.2. The van der Waals surface area contributed by atoms with Gasteiger partial charge in [-0.05, 0) is 66.6 Å². The lowest BCUT2D eigenvalue weighted by molar-refractivity contribution is -0.136. The number of hydrogen-bond donors (Lipinski definition) is 3. The van der Waals surface area contributed by atoms with Gasteiger partial charge in [-0.3, -0.25) is 14.3 Å². The standard InChI is InChI=1S/C22H18ClFN2O5S/c23-15-5-10-20(26-32(30,31)18-8-6-16(24)7-9-18)19(13-15)22(29)25-17-3-1-2-14(12-17)4-11-21(27)28/h1-3,5-10,12-13,26H,4,11H2,(H,25,29)(H,27,28). The van der Waals surface area contributed by atoms with E-state index in [9.17, 15) is 22.4 Å². The van der Waals surface area contributed by atoms with Gasteiger partial charge in [0.1, 0.15) is 5.82 Å². The van der Waals surface area contributed by atoms with Crippen molar-refractivity contribution in [2.45, 2.75) is 17.7 Å². The molecule has 0 unspecified atom stereocenters. The van der Waals surface area contributed by atoms with E-state index in [0.717, 1.165) is 24.3 Å². The highest BCUT2D eigenvalue weighted by Gasteiger charge is 2.20. The van der Waals surface area contributed by atoms with Crippen molar-refractivity contribution in [1.29, 1.82) is 0 Å². The van der Waals surface area contributed by atoms with Gasteiger partial charge in [-0.1, -0.05) is 23.7 Å². The molecule has 0 saturated heterocycles. The minimum absolute atomic E-state index is 0.0155. The summed E-state index contributed by atoms with van der Waals surface area (Å²) in [7, 11) is -4.09.